The monoisotopic (exact) mass is 199 g/mol. The fraction of sp³-hybridized carbons (Fsp3) is 0.533. The van der Waals surface area contributed by atoms with Gasteiger partial charge in [0, 0.05) is 0 Å². The van der Waals surface area contributed by atoms with Crippen LogP contribution >= 0.6 is 0 Å². The molecule has 0 heteroatoms. The molecule has 0 amide bonds. The lowest BCUT2D eigenvalue weighted by Gasteiger charge is -2.13. The van der Waals surface area contributed by atoms with Gasteiger partial charge in [0.15, 0.2) is 0 Å². The van der Waals surface area contributed by atoms with Gasteiger partial charge in [0.2, 0.25) is 0 Å². The van der Waals surface area contributed by atoms with E-state index in [-0.39, 0.29) is 0 Å². The van der Waals surface area contributed by atoms with Crippen molar-refractivity contribution < 1.29 is 0 Å². The summed E-state index contributed by atoms with van der Waals surface area (Å²) in [5.74, 6) is 3.25. The third-order valence-corrected chi connectivity index (χ3v) is 3.68. The number of benzene rings is 1. The van der Waals surface area contributed by atoms with E-state index in [1.807, 2.05) is 0 Å². The summed E-state index contributed by atoms with van der Waals surface area (Å²) < 4.78 is 0. The van der Waals surface area contributed by atoms with E-state index in [4.69, 9.17) is 0 Å². The molecule has 0 bridgehead atoms. The lowest BCUT2D eigenvalue weighted by molar-refractivity contribution is 1.02. The van der Waals surface area contributed by atoms with Gasteiger partial charge < -0.3 is 0 Å². The van der Waals surface area contributed by atoms with Crippen LogP contribution in [0.15, 0.2) is 18.2 Å². The molecule has 0 atom stereocenters. The maximum atomic E-state index is 2.46. The zero-order chi connectivity index (χ0) is 10.4. The molecule has 1 aromatic rings. The fourth-order valence-electron chi connectivity index (χ4n) is 2.43. The molecule has 2 saturated carbocycles. The average Bonchev–Trinajstić information content (AvgIpc) is 3.07. The lowest BCUT2D eigenvalue weighted by atomic mass is 9.91. The van der Waals surface area contributed by atoms with Crippen LogP contribution in [0.4, 0.5) is 0 Å². The van der Waals surface area contributed by atoms with Gasteiger partial charge in [0.1, 0.15) is 0 Å². The summed E-state index contributed by atoms with van der Waals surface area (Å²) in [6.45, 7) is 4.50. The molecule has 0 heterocycles. The van der Waals surface area contributed by atoms with Crippen molar-refractivity contribution in [2.75, 3.05) is 0 Å². The molecule has 3 rings (SSSR count). The topological polar surface area (TPSA) is 0 Å². The van der Waals surface area contributed by atoms with Crippen molar-refractivity contribution >= 4 is 0 Å². The second-order valence-electron chi connectivity index (χ2n) is 5.40. The molecule has 0 aromatic heterocycles. The molecule has 15 heavy (non-hydrogen) atoms. The van der Waals surface area contributed by atoms with Crippen molar-refractivity contribution in [1.29, 1.82) is 0 Å². The zero-order valence-corrected chi connectivity index (χ0v) is 9.72. The highest BCUT2D eigenvalue weighted by Crippen LogP contribution is 2.46. The van der Waals surface area contributed by atoms with E-state index in [1.54, 1.807) is 16.7 Å². The summed E-state index contributed by atoms with van der Waals surface area (Å²) in [4.78, 5) is 0. The summed E-state index contributed by atoms with van der Waals surface area (Å²) in [5.41, 5.74) is 4.73. The van der Waals surface area contributed by atoms with Crippen LogP contribution in [0.3, 0.4) is 0 Å². The second kappa shape index (κ2) is 3.37. The molecule has 0 spiro atoms. The van der Waals surface area contributed by atoms with Gasteiger partial charge in [-0.3, -0.25) is 0 Å². The van der Waals surface area contributed by atoms with Crippen molar-refractivity contribution in [3.63, 3.8) is 0 Å². The van der Waals surface area contributed by atoms with Crippen LogP contribution in [0.25, 0.3) is 0 Å². The molecule has 0 nitrogen and oxygen atoms in total. The third-order valence-electron chi connectivity index (χ3n) is 3.68. The number of hydrogen-bond donors (Lipinski definition) is 0. The van der Waals surface area contributed by atoms with E-state index >= 15 is 0 Å². The summed E-state index contributed by atoms with van der Waals surface area (Å²) in [6.07, 6.45) is 5.63. The summed E-state index contributed by atoms with van der Waals surface area (Å²) in [7, 11) is 0. The first kappa shape index (κ1) is 9.45. The Labute approximate surface area is 92.7 Å². The van der Waals surface area contributed by atoms with Crippen LogP contribution in [0.2, 0.25) is 0 Å². The molecule has 0 saturated heterocycles. The molecule has 2 fully saturated rings. The van der Waals surface area contributed by atoms with Gasteiger partial charge >= 0.3 is 0 Å². The molecule has 0 unspecified atom stereocenters. The molecule has 0 N–H and O–H groups in total. The zero-order valence-electron chi connectivity index (χ0n) is 9.72. The van der Waals surface area contributed by atoms with Crippen molar-refractivity contribution in [2.24, 2.45) is 0 Å². The van der Waals surface area contributed by atoms with Crippen LogP contribution in [0, 0.1) is 5.92 Å². The Balaban J connectivity index is 1.99. The molecule has 2 aliphatic rings. The van der Waals surface area contributed by atoms with Gasteiger partial charge in [0.05, 0.1) is 0 Å². The van der Waals surface area contributed by atoms with E-state index in [2.05, 4.69) is 32.0 Å². The maximum Gasteiger partial charge on any atom is -0.000901 e. The number of hydrogen-bond acceptors (Lipinski definition) is 0. The highest BCUT2D eigenvalue weighted by molar-refractivity contribution is 5.45. The van der Waals surface area contributed by atoms with Gasteiger partial charge in [-0.05, 0) is 60.1 Å². The Hall–Kier alpha value is -0.780. The quantitative estimate of drug-likeness (QED) is 0.676. The minimum Gasteiger partial charge on any atom is -0.0585 e. The molecule has 1 radical (unpaired) electrons. The van der Waals surface area contributed by atoms with Gasteiger partial charge in [-0.25, -0.2) is 0 Å². The predicted octanol–water partition coefficient (Wildman–Crippen LogP) is 4.40. The van der Waals surface area contributed by atoms with E-state index in [0.29, 0.717) is 0 Å². The van der Waals surface area contributed by atoms with Crippen LogP contribution in [-0.2, 0) is 0 Å². The largest absolute Gasteiger partial charge is 0.0585 e. The molecule has 0 aliphatic heterocycles. The normalized spacial score (nSPS) is 21.0. The number of rotatable bonds is 3. The van der Waals surface area contributed by atoms with Crippen molar-refractivity contribution in [3.05, 3.63) is 40.8 Å². The highest BCUT2D eigenvalue weighted by Gasteiger charge is 2.29. The molecular weight excluding hydrogens is 180 g/mol. The van der Waals surface area contributed by atoms with Crippen molar-refractivity contribution in [1.82, 2.24) is 0 Å². The standard InChI is InChI=1S/C15H19/c1-10(2)15-9-13(11-3-4-11)7-8-14(15)12-5-6-12/h7-9,11-12H,3-6H2,1-2H3. The predicted molar refractivity (Wildman–Crippen MR) is 64.1 cm³/mol. The van der Waals surface area contributed by atoms with Gasteiger partial charge in [-0.1, -0.05) is 32.0 Å². The van der Waals surface area contributed by atoms with Gasteiger partial charge in [-0.2, -0.15) is 0 Å². The maximum absolute atomic E-state index is 2.46. The SMILES string of the molecule is C[C](C)c1cc(C2CC2)ccc1C1CC1. The Bertz CT molecular complexity index is 368. The fourth-order valence-corrected chi connectivity index (χ4v) is 2.43. The molecule has 79 valence electrons. The Morgan fingerprint density at radius 3 is 2.20 bits per heavy atom. The van der Waals surface area contributed by atoms with E-state index in [0.717, 1.165) is 11.8 Å². The summed E-state index contributed by atoms with van der Waals surface area (Å²) in [6, 6.07) is 7.23. The Morgan fingerprint density at radius 1 is 1.00 bits per heavy atom. The Kier molecular flexibility index (Phi) is 2.12. The van der Waals surface area contributed by atoms with Crippen LogP contribution in [0.5, 0.6) is 0 Å². The second-order valence-corrected chi connectivity index (χ2v) is 5.40. The van der Waals surface area contributed by atoms with Crippen LogP contribution < -0.4 is 0 Å². The van der Waals surface area contributed by atoms with Gasteiger partial charge in [0.25, 0.3) is 0 Å². The minimum absolute atomic E-state index is 0.878. The third kappa shape index (κ3) is 1.82. The summed E-state index contributed by atoms with van der Waals surface area (Å²) >= 11 is 0. The summed E-state index contributed by atoms with van der Waals surface area (Å²) in [5, 5.41) is 0. The first-order chi connectivity index (χ1) is 7.25. The minimum atomic E-state index is 0.878. The van der Waals surface area contributed by atoms with E-state index < -0.39 is 0 Å². The van der Waals surface area contributed by atoms with Crippen molar-refractivity contribution in [3.8, 4) is 0 Å². The van der Waals surface area contributed by atoms with Crippen molar-refractivity contribution in [2.45, 2.75) is 51.4 Å². The molecule has 1 aromatic carbocycles. The van der Waals surface area contributed by atoms with Crippen LogP contribution in [-0.4, -0.2) is 0 Å². The van der Waals surface area contributed by atoms with E-state index in [9.17, 15) is 0 Å². The average molecular weight is 199 g/mol. The van der Waals surface area contributed by atoms with Gasteiger partial charge in [-0.15, -0.1) is 0 Å². The smallest absolute Gasteiger partial charge is 0.000901 e. The van der Waals surface area contributed by atoms with Crippen LogP contribution in [0.1, 0.15) is 68.1 Å². The highest BCUT2D eigenvalue weighted by atomic mass is 14.3. The van der Waals surface area contributed by atoms with E-state index in [1.165, 1.54) is 31.6 Å². The molecule has 2 aliphatic carbocycles. The molecular formula is C15H19. The lowest BCUT2D eigenvalue weighted by Crippen LogP contribution is -1.97. The first-order valence-electron chi connectivity index (χ1n) is 6.20. The first-order valence-corrected chi connectivity index (χ1v) is 6.20. The Morgan fingerprint density at radius 2 is 1.67 bits per heavy atom.